The highest BCUT2D eigenvalue weighted by Crippen LogP contribution is 2.44. The van der Waals surface area contributed by atoms with Gasteiger partial charge in [-0.05, 0) is 41.8 Å². The smallest absolute Gasteiger partial charge is 0.296 e. The van der Waals surface area contributed by atoms with Gasteiger partial charge < -0.3 is 14.3 Å². The fraction of sp³-hybridized carbons (Fsp3) is 0.188. The molecule has 0 saturated carbocycles. The van der Waals surface area contributed by atoms with Crippen LogP contribution in [-0.2, 0) is 10.5 Å². The van der Waals surface area contributed by atoms with Gasteiger partial charge in [0.2, 0.25) is 10.9 Å². The van der Waals surface area contributed by atoms with E-state index >= 15 is 0 Å². The van der Waals surface area contributed by atoms with Gasteiger partial charge in [0.25, 0.3) is 5.91 Å². The molecule has 212 valence electrons. The van der Waals surface area contributed by atoms with E-state index in [0.29, 0.717) is 33.6 Å². The van der Waals surface area contributed by atoms with Gasteiger partial charge in [0.15, 0.2) is 15.9 Å². The predicted octanol–water partition coefficient (Wildman–Crippen LogP) is 7.54. The molecule has 0 radical (unpaired) electrons. The summed E-state index contributed by atoms with van der Waals surface area (Å²) in [4.78, 5) is 28.8. The standard InChI is InChI=1S/C32H27N3O5S2/c1-2-3-17-39-23-15-13-21(14-16-23)27-26(28(36)25-18-22-11-7-8-12-24(22)40-25)29(37)30(38)35(27)31-33-34-32(42-31)41-19-20-9-5-4-6-10-20/h4-16,18,27,37H,2-3,17,19H2,1H3. The number of nitrogens with zero attached hydrogens (tertiary/aromatic N) is 3. The lowest BCUT2D eigenvalue weighted by Gasteiger charge is -2.24. The van der Waals surface area contributed by atoms with Crippen LogP contribution in [0.5, 0.6) is 5.75 Å². The number of para-hydroxylation sites is 1. The van der Waals surface area contributed by atoms with E-state index in [1.807, 2.05) is 48.5 Å². The van der Waals surface area contributed by atoms with Crippen molar-refractivity contribution in [2.45, 2.75) is 35.9 Å². The Morgan fingerprint density at radius 2 is 1.81 bits per heavy atom. The molecule has 1 aliphatic rings. The zero-order valence-corrected chi connectivity index (χ0v) is 24.4. The number of fused-ring (bicyclic) bond motifs is 1. The Balaban J connectivity index is 1.34. The van der Waals surface area contributed by atoms with Crippen LogP contribution in [0.2, 0.25) is 0 Å². The second-order valence-electron chi connectivity index (χ2n) is 9.71. The second kappa shape index (κ2) is 12.2. The molecular formula is C32H27N3O5S2. The first-order valence-electron chi connectivity index (χ1n) is 13.6. The third-order valence-electron chi connectivity index (χ3n) is 6.87. The fourth-order valence-corrected chi connectivity index (χ4v) is 6.56. The zero-order chi connectivity index (χ0) is 29.1. The number of unbranched alkanes of at least 4 members (excludes halogenated alkanes) is 1. The van der Waals surface area contributed by atoms with Crippen LogP contribution in [0.15, 0.2) is 105 Å². The van der Waals surface area contributed by atoms with Crippen molar-refractivity contribution in [3.05, 3.63) is 113 Å². The molecular weight excluding hydrogens is 571 g/mol. The van der Waals surface area contributed by atoms with Gasteiger partial charge in [-0.25, -0.2) is 0 Å². The van der Waals surface area contributed by atoms with E-state index in [2.05, 4.69) is 17.1 Å². The molecule has 5 aromatic rings. The van der Waals surface area contributed by atoms with Crippen LogP contribution in [0.25, 0.3) is 11.0 Å². The van der Waals surface area contributed by atoms with Gasteiger partial charge in [-0.3, -0.25) is 14.5 Å². The Bertz CT molecular complexity index is 1730. The van der Waals surface area contributed by atoms with Crippen LogP contribution in [0.1, 0.15) is 47.5 Å². The lowest BCUT2D eigenvalue weighted by atomic mass is 9.95. The maximum absolute atomic E-state index is 13.9. The van der Waals surface area contributed by atoms with Crippen molar-refractivity contribution in [1.29, 1.82) is 0 Å². The molecule has 3 heterocycles. The molecule has 6 rings (SSSR count). The van der Waals surface area contributed by atoms with Crippen molar-refractivity contribution >= 4 is 50.9 Å². The van der Waals surface area contributed by atoms with Crippen molar-refractivity contribution in [3.63, 3.8) is 0 Å². The number of hydrogen-bond acceptors (Lipinski definition) is 9. The minimum Gasteiger partial charge on any atom is -0.503 e. The Morgan fingerprint density at radius 1 is 1.05 bits per heavy atom. The van der Waals surface area contributed by atoms with Crippen LogP contribution in [0, 0.1) is 0 Å². The predicted molar refractivity (Wildman–Crippen MR) is 163 cm³/mol. The number of anilines is 1. The van der Waals surface area contributed by atoms with E-state index in [1.54, 1.807) is 36.4 Å². The van der Waals surface area contributed by atoms with Gasteiger partial charge in [-0.2, -0.15) is 0 Å². The highest BCUT2D eigenvalue weighted by Gasteiger charge is 2.46. The molecule has 0 saturated heterocycles. The van der Waals surface area contributed by atoms with Gasteiger partial charge in [-0.15, -0.1) is 10.2 Å². The second-order valence-corrected chi connectivity index (χ2v) is 11.9. The third-order valence-corrected chi connectivity index (χ3v) is 9.00. The number of thioether (sulfide) groups is 1. The van der Waals surface area contributed by atoms with Crippen LogP contribution in [-0.4, -0.2) is 33.6 Å². The first-order chi connectivity index (χ1) is 20.5. The number of rotatable bonds is 11. The summed E-state index contributed by atoms with van der Waals surface area (Å²) in [5.74, 6) is -0.534. The summed E-state index contributed by atoms with van der Waals surface area (Å²) in [5, 5.41) is 20.7. The van der Waals surface area contributed by atoms with Gasteiger partial charge in [0.05, 0.1) is 18.2 Å². The van der Waals surface area contributed by atoms with Gasteiger partial charge in [0.1, 0.15) is 11.3 Å². The monoisotopic (exact) mass is 597 g/mol. The van der Waals surface area contributed by atoms with Crippen molar-refractivity contribution in [1.82, 2.24) is 10.2 Å². The number of hydrogen-bond donors (Lipinski definition) is 1. The fourth-order valence-electron chi connectivity index (χ4n) is 4.73. The van der Waals surface area contributed by atoms with E-state index < -0.39 is 23.5 Å². The first kappa shape index (κ1) is 27.7. The Labute approximate surface area is 250 Å². The molecule has 1 unspecified atom stereocenters. The molecule has 1 aliphatic heterocycles. The van der Waals surface area contributed by atoms with Crippen LogP contribution in [0.3, 0.4) is 0 Å². The average molecular weight is 598 g/mol. The summed E-state index contributed by atoms with van der Waals surface area (Å²) < 4.78 is 12.3. The maximum atomic E-state index is 13.9. The lowest BCUT2D eigenvalue weighted by molar-refractivity contribution is -0.117. The van der Waals surface area contributed by atoms with E-state index in [4.69, 9.17) is 9.15 Å². The number of aliphatic hydroxyl groups is 1. The molecule has 1 atom stereocenters. The molecule has 8 nitrogen and oxygen atoms in total. The molecule has 1 N–H and O–H groups in total. The molecule has 2 aromatic heterocycles. The third kappa shape index (κ3) is 5.55. The number of benzene rings is 3. The molecule has 42 heavy (non-hydrogen) atoms. The average Bonchev–Trinajstić information content (AvgIpc) is 3.73. The summed E-state index contributed by atoms with van der Waals surface area (Å²) in [6.07, 6.45) is 1.95. The largest absolute Gasteiger partial charge is 0.503 e. The number of ether oxygens (including phenoxy) is 1. The maximum Gasteiger partial charge on any atom is 0.296 e. The van der Waals surface area contributed by atoms with E-state index in [1.165, 1.54) is 28.0 Å². The SMILES string of the molecule is CCCCOc1ccc(C2C(C(=O)c3cc4ccccc4o3)=C(O)C(=O)N2c2nnc(SCc3ccccc3)s2)cc1. The van der Waals surface area contributed by atoms with Crippen LogP contribution >= 0.6 is 23.1 Å². The number of amides is 1. The highest BCUT2D eigenvalue weighted by molar-refractivity contribution is 8.00. The molecule has 0 spiro atoms. The number of carbonyl (C=O) groups excluding carboxylic acids is 2. The van der Waals surface area contributed by atoms with E-state index in [-0.39, 0.29) is 16.5 Å². The number of ketones is 1. The summed E-state index contributed by atoms with van der Waals surface area (Å²) in [6.45, 7) is 2.69. The molecule has 1 amide bonds. The Hall–Kier alpha value is -4.41. The van der Waals surface area contributed by atoms with E-state index in [9.17, 15) is 14.7 Å². The normalized spacial score (nSPS) is 15.1. The molecule has 0 bridgehead atoms. The number of aliphatic hydroxyl groups excluding tert-OH is 1. The van der Waals surface area contributed by atoms with Crippen molar-refractivity contribution in [2.75, 3.05) is 11.5 Å². The Morgan fingerprint density at radius 3 is 2.57 bits per heavy atom. The summed E-state index contributed by atoms with van der Waals surface area (Å²) in [5.41, 5.74) is 2.21. The zero-order valence-electron chi connectivity index (χ0n) is 22.7. The summed E-state index contributed by atoms with van der Waals surface area (Å²) >= 11 is 2.73. The van der Waals surface area contributed by atoms with Crippen molar-refractivity contribution in [3.8, 4) is 5.75 Å². The molecule has 3 aromatic carbocycles. The van der Waals surface area contributed by atoms with Crippen LogP contribution in [0.4, 0.5) is 5.13 Å². The van der Waals surface area contributed by atoms with Gasteiger partial charge in [-0.1, -0.05) is 97.1 Å². The minimum absolute atomic E-state index is 0.0355. The minimum atomic E-state index is -0.942. The van der Waals surface area contributed by atoms with Crippen LogP contribution < -0.4 is 9.64 Å². The summed E-state index contributed by atoms with van der Waals surface area (Å²) in [6, 6.07) is 25.1. The van der Waals surface area contributed by atoms with E-state index in [0.717, 1.165) is 23.8 Å². The number of aromatic nitrogens is 2. The van der Waals surface area contributed by atoms with Crippen molar-refractivity contribution in [2.24, 2.45) is 0 Å². The van der Waals surface area contributed by atoms with Gasteiger partial charge in [0, 0.05) is 11.1 Å². The van der Waals surface area contributed by atoms with Crippen molar-refractivity contribution < 1.29 is 23.8 Å². The first-order valence-corrected chi connectivity index (χ1v) is 15.4. The summed E-state index contributed by atoms with van der Waals surface area (Å²) in [7, 11) is 0. The molecule has 0 fully saturated rings. The number of carbonyl (C=O) groups is 2. The molecule has 10 heteroatoms. The quantitative estimate of drug-likeness (QED) is 0.0721. The Kier molecular flexibility index (Phi) is 8.07. The van der Waals surface area contributed by atoms with Gasteiger partial charge >= 0.3 is 0 Å². The topological polar surface area (TPSA) is 106 Å². The lowest BCUT2D eigenvalue weighted by Crippen LogP contribution is -2.31. The number of furan rings is 1. The number of Topliss-reactive ketones (excluding diaryl/α,β-unsaturated/α-hetero) is 1. The highest BCUT2D eigenvalue weighted by atomic mass is 32.2. The molecule has 0 aliphatic carbocycles.